The molecule has 0 aliphatic heterocycles. The molecule has 0 amide bonds. The number of hydrogen-bond acceptors (Lipinski definition) is 3. The molecule has 0 saturated carbocycles. The van der Waals surface area contributed by atoms with Gasteiger partial charge in [-0.1, -0.05) is 6.92 Å². The first-order valence-corrected chi connectivity index (χ1v) is 6.85. The van der Waals surface area contributed by atoms with E-state index in [0.29, 0.717) is 6.04 Å². The van der Waals surface area contributed by atoms with Gasteiger partial charge in [-0.05, 0) is 31.2 Å². The maximum absolute atomic E-state index is 4.16. The van der Waals surface area contributed by atoms with Gasteiger partial charge < -0.3 is 5.32 Å². The van der Waals surface area contributed by atoms with Crippen LogP contribution in [-0.2, 0) is 13.5 Å². The predicted octanol–water partition coefficient (Wildman–Crippen LogP) is 1.69. The van der Waals surface area contributed by atoms with Crippen LogP contribution in [0, 0.1) is 0 Å². The van der Waals surface area contributed by atoms with Gasteiger partial charge in [-0.25, -0.2) is 0 Å². The summed E-state index contributed by atoms with van der Waals surface area (Å²) in [6, 6.07) is 0.650. The van der Waals surface area contributed by atoms with Crippen LogP contribution in [0.15, 0.2) is 12.4 Å². The summed E-state index contributed by atoms with van der Waals surface area (Å²) in [6.07, 6.45) is 8.45. The molecule has 0 spiro atoms. The lowest BCUT2D eigenvalue weighted by molar-refractivity contribution is 0.544. The topological polar surface area (TPSA) is 29.9 Å². The van der Waals surface area contributed by atoms with Gasteiger partial charge in [0.2, 0.25) is 0 Å². The molecule has 86 valence electrons. The Hall–Kier alpha value is -0.480. The Labute approximate surface area is 96.6 Å². The SMILES string of the molecule is CCC(CSC)NCCc1cnn(C)c1. The Morgan fingerprint density at radius 3 is 2.93 bits per heavy atom. The van der Waals surface area contributed by atoms with Crippen LogP contribution in [0.5, 0.6) is 0 Å². The van der Waals surface area contributed by atoms with E-state index in [1.807, 2.05) is 29.7 Å². The average Bonchev–Trinajstić information content (AvgIpc) is 2.63. The van der Waals surface area contributed by atoms with E-state index in [1.165, 1.54) is 17.7 Å². The second-order valence-corrected chi connectivity index (χ2v) is 4.70. The minimum atomic E-state index is 0.650. The van der Waals surface area contributed by atoms with Crippen molar-refractivity contribution in [3.63, 3.8) is 0 Å². The van der Waals surface area contributed by atoms with Crippen LogP contribution >= 0.6 is 11.8 Å². The van der Waals surface area contributed by atoms with Gasteiger partial charge in [0.15, 0.2) is 0 Å². The summed E-state index contributed by atoms with van der Waals surface area (Å²) >= 11 is 1.91. The largest absolute Gasteiger partial charge is 0.313 e. The van der Waals surface area contributed by atoms with Crippen molar-refractivity contribution < 1.29 is 0 Å². The molecule has 0 bridgehead atoms. The van der Waals surface area contributed by atoms with E-state index in [9.17, 15) is 0 Å². The average molecular weight is 227 g/mol. The summed E-state index contributed by atoms with van der Waals surface area (Å²) < 4.78 is 1.86. The van der Waals surface area contributed by atoms with Gasteiger partial charge in [0.05, 0.1) is 6.20 Å². The summed E-state index contributed by atoms with van der Waals surface area (Å²) in [5.41, 5.74) is 1.31. The Balaban J connectivity index is 2.20. The molecular formula is C11H21N3S. The molecule has 1 atom stereocenters. The summed E-state index contributed by atoms with van der Waals surface area (Å²) in [7, 11) is 1.96. The van der Waals surface area contributed by atoms with Crippen molar-refractivity contribution in [2.75, 3.05) is 18.6 Å². The third-order valence-corrected chi connectivity index (χ3v) is 3.20. The molecule has 0 fully saturated rings. The number of aromatic nitrogens is 2. The Morgan fingerprint density at radius 2 is 2.40 bits per heavy atom. The monoisotopic (exact) mass is 227 g/mol. The van der Waals surface area contributed by atoms with E-state index in [1.54, 1.807) is 0 Å². The third kappa shape index (κ3) is 4.71. The smallest absolute Gasteiger partial charge is 0.0522 e. The summed E-state index contributed by atoms with van der Waals surface area (Å²) in [5, 5.41) is 7.73. The van der Waals surface area contributed by atoms with E-state index in [-0.39, 0.29) is 0 Å². The molecule has 0 aliphatic rings. The summed E-state index contributed by atoms with van der Waals surface area (Å²) in [5.74, 6) is 1.20. The lowest BCUT2D eigenvalue weighted by Crippen LogP contribution is -2.32. The van der Waals surface area contributed by atoms with Crippen LogP contribution in [0.4, 0.5) is 0 Å². The van der Waals surface area contributed by atoms with Crippen molar-refractivity contribution >= 4 is 11.8 Å². The molecule has 0 aromatic carbocycles. The Bertz CT molecular complexity index is 273. The second-order valence-electron chi connectivity index (χ2n) is 3.79. The van der Waals surface area contributed by atoms with Crippen LogP contribution in [0.1, 0.15) is 18.9 Å². The van der Waals surface area contributed by atoms with Gasteiger partial charge in [0, 0.05) is 25.0 Å². The van der Waals surface area contributed by atoms with Crippen molar-refractivity contribution in [2.24, 2.45) is 7.05 Å². The predicted molar refractivity (Wildman–Crippen MR) is 67.4 cm³/mol. The van der Waals surface area contributed by atoms with E-state index >= 15 is 0 Å². The first-order chi connectivity index (χ1) is 7.26. The molecule has 1 unspecified atom stereocenters. The Kier molecular flexibility index (Phi) is 5.79. The van der Waals surface area contributed by atoms with Crippen molar-refractivity contribution in [1.82, 2.24) is 15.1 Å². The van der Waals surface area contributed by atoms with Crippen LogP contribution < -0.4 is 5.32 Å². The second kappa shape index (κ2) is 6.90. The number of thioether (sulfide) groups is 1. The zero-order valence-corrected chi connectivity index (χ0v) is 10.7. The summed E-state index contributed by atoms with van der Waals surface area (Å²) in [4.78, 5) is 0. The van der Waals surface area contributed by atoms with E-state index in [4.69, 9.17) is 0 Å². The van der Waals surface area contributed by atoms with Crippen molar-refractivity contribution in [3.8, 4) is 0 Å². The molecule has 1 rings (SSSR count). The molecule has 1 N–H and O–H groups in total. The maximum Gasteiger partial charge on any atom is 0.0522 e. The van der Waals surface area contributed by atoms with Crippen LogP contribution in [0.25, 0.3) is 0 Å². The number of nitrogens with zero attached hydrogens (tertiary/aromatic N) is 2. The van der Waals surface area contributed by atoms with E-state index in [0.717, 1.165) is 13.0 Å². The number of rotatable bonds is 7. The van der Waals surface area contributed by atoms with Gasteiger partial charge in [-0.15, -0.1) is 0 Å². The lowest BCUT2D eigenvalue weighted by Gasteiger charge is -2.14. The fraction of sp³-hybridized carbons (Fsp3) is 0.727. The molecule has 0 radical (unpaired) electrons. The quantitative estimate of drug-likeness (QED) is 0.769. The molecule has 0 aliphatic carbocycles. The molecule has 1 aromatic heterocycles. The highest BCUT2D eigenvalue weighted by Gasteiger charge is 2.04. The first-order valence-electron chi connectivity index (χ1n) is 5.46. The first kappa shape index (κ1) is 12.6. The van der Waals surface area contributed by atoms with Crippen molar-refractivity contribution in [3.05, 3.63) is 18.0 Å². The molecule has 4 heteroatoms. The van der Waals surface area contributed by atoms with E-state index < -0.39 is 0 Å². The van der Waals surface area contributed by atoms with Crippen LogP contribution in [0.3, 0.4) is 0 Å². The standard InChI is InChI=1S/C11H21N3S/c1-4-11(9-15-3)12-6-5-10-7-13-14(2)8-10/h7-8,11-12H,4-6,9H2,1-3H3. The molecule has 0 saturated heterocycles. The minimum Gasteiger partial charge on any atom is -0.313 e. The molecule has 1 aromatic rings. The fourth-order valence-corrected chi connectivity index (χ4v) is 2.30. The number of aryl methyl sites for hydroxylation is 1. The third-order valence-electron chi connectivity index (χ3n) is 2.47. The lowest BCUT2D eigenvalue weighted by atomic mass is 10.2. The molecule has 15 heavy (non-hydrogen) atoms. The summed E-state index contributed by atoms with van der Waals surface area (Å²) in [6.45, 7) is 3.28. The molecule has 1 heterocycles. The van der Waals surface area contributed by atoms with Gasteiger partial charge in [0.1, 0.15) is 0 Å². The Morgan fingerprint density at radius 1 is 1.60 bits per heavy atom. The minimum absolute atomic E-state index is 0.650. The van der Waals surface area contributed by atoms with Gasteiger partial charge in [0.25, 0.3) is 0 Å². The van der Waals surface area contributed by atoms with Crippen LogP contribution in [-0.4, -0.2) is 34.4 Å². The van der Waals surface area contributed by atoms with Crippen molar-refractivity contribution in [2.45, 2.75) is 25.8 Å². The number of hydrogen-bond donors (Lipinski definition) is 1. The highest BCUT2D eigenvalue weighted by molar-refractivity contribution is 7.98. The zero-order chi connectivity index (χ0) is 11.1. The van der Waals surface area contributed by atoms with Crippen LogP contribution in [0.2, 0.25) is 0 Å². The number of nitrogens with one attached hydrogen (secondary N) is 1. The normalized spacial score (nSPS) is 13.0. The maximum atomic E-state index is 4.16. The van der Waals surface area contributed by atoms with Gasteiger partial charge in [-0.2, -0.15) is 16.9 Å². The van der Waals surface area contributed by atoms with E-state index in [2.05, 4.69) is 29.8 Å². The van der Waals surface area contributed by atoms with Gasteiger partial charge in [-0.3, -0.25) is 4.68 Å². The zero-order valence-electron chi connectivity index (χ0n) is 9.86. The highest BCUT2D eigenvalue weighted by Crippen LogP contribution is 2.02. The molecule has 3 nitrogen and oxygen atoms in total. The van der Waals surface area contributed by atoms with Crippen molar-refractivity contribution in [1.29, 1.82) is 0 Å². The highest BCUT2D eigenvalue weighted by atomic mass is 32.2. The van der Waals surface area contributed by atoms with Gasteiger partial charge >= 0.3 is 0 Å². The fourth-order valence-electron chi connectivity index (χ4n) is 1.54. The molecular weight excluding hydrogens is 206 g/mol.